The number of aryl methyl sites for hydroxylation is 1. The SMILES string of the molecule is COCCCOc1nccc(-c2cc(-c3c(C)ccc4[nH]ncc34)c(N)c(C(N)=O)n2)n1. The summed E-state index contributed by atoms with van der Waals surface area (Å²) in [6.07, 6.45) is 3.99. The van der Waals surface area contributed by atoms with Crippen molar-refractivity contribution in [3.63, 3.8) is 0 Å². The number of nitrogens with one attached hydrogen (secondary N) is 1. The molecule has 3 heterocycles. The molecule has 1 aromatic carbocycles. The lowest BCUT2D eigenvalue weighted by atomic mass is 9.94. The Morgan fingerprint density at radius 2 is 2.00 bits per heavy atom. The predicted molar refractivity (Wildman–Crippen MR) is 120 cm³/mol. The average Bonchev–Trinajstić information content (AvgIpc) is 3.26. The van der Waals surface area contributed by atoms with Crippen LogP contribution in [0, 0.1) is 6.92 Å². The number of aromatic nitrogens is 5. The number of anilines is 1. The topological polar surface area (TPSA) is 155 Å². The first-order valence-corrected chi connectivity index (χ1v) is 9.98. The highest BCUT2D eigenvalue weighted by Gasteiger charge is 2.20. The molecule has 0 saturated heterocycles. The summed E-state index contributed by atoms with van der Waals surface area (Å²) >= 11 is 0. The Hall–Kier alpha value is -4.05. The number of amides is 1. The molecule has 5 N–H and O–H groups in total. The number of methoxy groups -OCH3 is 1. The van der Waals surface area contributed by atoms with Gasteiger partial charge in [0.05, 0.1) is 35.4 Å². The Bertz CT molecular complexity index is 1290. The number of rotatable bonds is 8. The lowest BCUT2D eigenvalue weighted by Crippen LogP contribution is -2.17. The van der Waals surface area contributed by atoms with Gasteiger partial charge in [0.25, 0.3) is 5.91 Å². The van der Waals surface area contributed by atoms with E-state index in [1.54, 1.807) is 31.6 Å². The molecule has 0 bridgehead atoms. The first-order valence-electron chi connectivity index (χ1n) is 9.98. The molecule has 10 heteroatoms. The van der Waals surface area contributed by atoms with E-state index in [0.717, 1.165) is 22.0 Å². The Morgan fingerprint density at radius 1 is 1.16 bits per heavy atom. The smallest absolute Gasteiger partial charge is 0.316 e. The third-order valence-electron chi connectivity index (χ3n) is 5.01. The summed E-state index contributed by atoms with van der Waals surface area (Å²) in [5.74, 6) is -0.729. The molecule has 4 rings (SSSR count). The molecule has 0 aliphatic rings. The van der Waals surface area contributed by atoms with E-state index in [0.29, 0.717) is 36.6 Å². The molecular weight excluding hydrogens is 410 g/mol. The minimum absolute atomic E-state index is 0.0291. The Balaban J connectivity index is 1.83. The van der Waals surface area contributed by atoms with Crippen molar-refractivity contribution in [3.8, 4) is 28.5 Å². The van der Waals surface area contributed by atoms with Crippen LogP contribution >= 0.6 is 0 Å². The van der Waals surface area contributed by atoms with Gasteiger partial charge in [0, 0.05) is 37.3 Å². The van der Waals surface area contributed by atoms with Crippen LogP contribution in [0.3, 0.4) is 0 Å². The number of hydrogen-bond acceptors (Lipinski definition) is 8. The summed E-state index contributed by atoms with van der Waals surface area (Å²) in [7, 11) is 1.63. The van der Waals surface area contributed by atoms with Gasteiger partial charge in [-0.15, -0.1) is 0 Å². The summed E-state index contributed by atoms with van der Waals surface area (Å²) in [5, 5.41) is 7.95. The van der Waals surface area contributed by atoms with E-state index in [1.165, 1.54) is 0 Å². The molecule has 0 saturated carbocycles. The number of nitrogens with zero attached hydrogens (tertiary/aromatic N) is 4. The summed E-state index contributed by atoms with van der Waals surface area (Å²) < 4.78 is 10.6. The van der Waals surface area contributed by atoms with Crippen molar-refractivity contribution in [1.82, 2.24) is 25.1 Å². The van der Waals surface area contributed by atoms with Gasteiger partial charge in [0.1, 0.15) is 0 Å². The number of nitrogen functional groups attached to an aromatic ring is 1. The number of primary amides is 1. The largest absolute Gasteiger partial charge is 0.463 e. The summed E-state index contributed by atoms with van der Waals surface area (Å²) in [5.41, 5.74) is 16.3. The number of carbonyl (C=O) groups is 1. The van der Waals surface area contributed by atoms with E-state index >= 15 is 0 Å². The number of aromatic amines is 1. The fraction of sp³-hybridized carbons (Fsp3) is 0.227. The first-order chi connectivity index (χ1) is 15.5. The molecule has 0 spiro atoms. The Labute approximate surface area is 184 Å². The van der Waals surface area contributed by atoms with Gasteiger partial charge in [0.15, 0.2) is 5.69 Å². The number of H-pyrrole nitrogens is 1. The number of benzene rings is 1. The van der Waals surface area contributed by atoms with Gasteiger partial charge < -0.3 is 20.9 Å². The number of hydrogen-bond donors (Lipinski definition) is 3. The molecular formula is C22H23N7O3. The minimum atomic E-state index is -0.729. The molecule has 0 unspecified atom stereocenters. The molecule has 0 aliphatic heterocycles. The molecule has 0 atom stereocenters. The Kier molecular flexibility index (Phi) is 5.95. The normalized spacial score (nSPS) is 11.1. The average molecular weight is 433 g/mol. The van der Waals surface area contributed by atoms with Gasteiger partial charge in [-0.25, -0.2) is 9.97 Å². The van der Waals surface area contributed by atoms with Crippen molar-refractivity contribution in [2.45, 2.75) is 13.3 Å². The standard InChI is InChI=1S/C22H23N7O3/c1-12-4-5-15-14(11-26-29-15)18(12)13-10-17(27-20(19(13)23)21(24)30)16-6-7-25-22(28-16)32-9-3-8-31-2/h4-7,10-11H,3,8-9,23H2,1-2H3,(H2,24,30)(H,26,29). The quantitative estimate of drug-likeness (QED) is 0.358. The van der Waals surface area contributed by atoms with Gasteiger partial charge in [0.2, 0.25) is 0 Å². The lowest BCUT2D eigenvalue weighted by molar-refractivity contribution is 0.0996. The minimum Gasteiger partial charge on any atom is -0.463 e. The second kappa shape index (κ2) is 8.98. The van der Waals surface area contributed by atoms with Crippen LogP contribution in [0.15, 0.2) is 36.7 Å². The van der Waals surface area contributed by atoms with E-state index < -0.39 is 5.91 Å². The molecule has 0 radical (unpaired) electrons. The van der Waals surface area contributed by atoms with E-state index in [-0.39, 0.29) is 17.4 Å². The first kappa shape index (κ1) is 21.2. The highest BCUT2D eigenvalue weighted by Crippen LogP contribution is 2.37. The van der Waals surface area contributed by atoms with Gasteiger partial charge in [-0.05, 0) is 36.2 Å². The molecule has 0 fully saturated rings. The van der Waals surface area contributed by atoms with E-state index in [4.69, 9.17) is 20.9 Å². The van der Waals surface area contributed by atoms with Crippen LogP contribution in [0.1, 0.15) is 22.5 Å². The van der Waals surface area contributed by atoms with E-state index in [9.17, 15) is 4.79 Å². The van der Waals surface area contributed by atoms with Crippen molar-refractivity contribution < 1.29 is 14.3 Å². The summed E-state index contributed by atoms with van der Waals surface area (Å²) in [4.78, 5) is 25.1. The van der Waals surface area contributed by atoms with Gasteiger partial charge in [-0.3, -0.25) is 9.89 Å². The lowest BCUT2D eigenvalue weighted by Gasteiger charge is -2.15. The monoisotopic (exact) mass is 433 g/mol. The van der Waals surface area contributed by atoms with Crippen molar-refractivity contribution in [2.75, 3.05) is 26.1 Å². The fourth-order valence-electron chi connectivity index (χ4n) is 3.48. The molecule has 10 nitrogen and oxygen atoms in total. The zero-order valence-electron chi connectivity index (χ0n) is 17.8. The number of ether oxygens (including phenoxy) is 2. The highest BCUT2D eigenvalue weighted by atomic mass is 16.5. The number of fused-ring (bicyclic) bond motifs is 1. The van der Waals surface area contributed by atoms with Crippen molar-refractivity contribution in [1.29, 1.82) is 0 Å². The van der Waals surface area contributed by atoms with Crippen molar-refractivity contribution >= 4 is 22.5 Å². The second-order valence-corrected chi connectivity index (χ2v) is 7.19. The van der Waals surface area contributed by atoms with Crippen molar-refractivity contribution in [2.24, 2.45) is 5.73 Å². The third-order valence-corrected chi connectivity index (χ3v) is 5.01. The number of carbonyl (C=O) groups excluding carboxylic acids is 1. The predicted octanol–water partition coefficient (Wildman–Crippen LogP) is 2.49. The van der Waals surface area contributed by atoms with Crippen LogP contribution in [-0.2, 0) is 4.74 Å². The zero-order chi connectivity index (χ0) is 22.7. The maximum atomic E-state index is 12.1. The second-order valence-electron chi connectivity index (χ2n) is 7.19. The van der Waals surface area contributed by atoms with Crippen LogP contribution in [0.5, 0.6) is 6.01 Å². The highest BCUT2D eigenvalue weighted by molar-refractivity contribution is 6.05. The Morgan fingerprint density at radius 3 is 2.78 bits per heavy atom. The number of pyridine rings is 1. The van der Waals surface area contributed by atoms with Crippen LogP contribution in [-0.4, -0.2) is 51.4 Å². The maximum Gasteiger partial charge on any atom is 0.316 e. The molecule has 4 aromatic rings. The maximum absolute atomic E-state index is 12.1. The molecule has 3 aromatic heterocycles. The van der Waals surface area contributed by atoms with E-state index in [2.05, 4.69) is 25.1 Å². The van der Waals surface area contributed by atoms with Crippen molar-refractivity contribution in [3.05, 3.63) is 47.9 Å². The molecule has 0 aliphatic carbocycles. The molecule has 164 valence electrons. The third kappa shape index (κ3) is 4.08. The molecule has 32 heavy (non-hydrogen) atoms. The zero-order valence-corrected chi connectivity index (χ0v) is 17.8. The van der Waals surface area contributed by atoms with Crippen LogP contribution in [0.25, 0.3) is 33.4 Å². The van der Waals surface area contributed by atoms with Gasteiger partial charge in [-0.1, -0.05) is 6.07 Å². The number of nitrogens with two attached hydrogens (primary N) is 2. The summed E-state index contributed by atoms with van der Waals surface area (Å²) in [6.45, 7) is 2.94. The van der Waals surface area contributed by atoms with Crippen LogP contribution < -0.4 is 16.2 Å². The van der Waals surface area contributed by atoms with Crippen LogP contribution in [0.2, 0.25) is 0 Å². The molecule has 1 amide bonds. The van der Waals surface area contributed by atoms with Gasteiger partial charge >= 0.3 is 6.01 Å². The summed E-state index contributed by atoms with van der Waals surface area (Å²) in [6, 6.07) is 7.56. The van der Waals surface area contributed by atoms with E-state index in [1.807, 2.05) is 19.1 Å². The van der Waals surface area contributed by atoms with Crippen LogP contribution in [0.4, 0.5) is 5.69 Å². The fourth-order valence-corrected chi connectivity index (χ4v) is 3.48. The van der Waals surface area contributed by atoms with Gasteiger partial charge in [-0.2, -0.15) is 10.1 Å².